The summed E-state index contributed by atoms with van der Waals surface area (Å²) in [5.74, 6) is -0.711. The highest BCUT2D eigenvalue weighted by atomic mass is 32.2. The van der Waals surface area contributed by atoms with Gasteiger partial charge in [0.1, 0.15) is 6.04 Å². The zero-order valence-corrected chi connectivity index (χ0v) is 15.5. The summed E-state index contributed by atoms with van der Waals surface area (Å²) < 4.78 is 9.81. The summed E-state index contributed by atoms with van der Waals surface area (Å²) in [5.41, 5.74) is 0. The van der Waals surface area contributed by atoms with Crippen molar-refractivity contribution in [2.75, 3.05) is 19.1 Å². The third kappa shape index (κ3) is 5.88. The van der Waals surface area contributed by atoms with Crippen molar-refractivity contribution >= 4 is 29.9 Å². The number of carbonyl (C=O) groups is 3. The van der Waals surface area contributed by atoms with Crippen LogP contribution in [0.1, 0.15) is 51.9 Å². The van der Waals surface area contributed by atoms with Crippen molar-refractivity contribution in [2.24, 2.45) is 11.8 Å². The predicted molar refractivity (Wildman–Crippen MR) is 92.6 cm³/mol. The number of carboxylic acid groups (broad SMARTS) is 1. The van der Waals surface area contributed by atoms with E-state index in [0.717, 1.165) is 24.9 Å². The number of esters is 1. The Kier molecular flexibility index (Phi) is 8.02. The number of likely N-dealkylation sites (tertiary alicyclic amines) is 1. The summed E-state index contributed by atoms with van der Waals surface area (Å²) in [7, 11) is 0. The van der Waals surface area contributed by atoms with Crippen LogP contribution in [-0.2, 0) is 23.3 Å². The van der Waals surface area contributed by atoms with Crippen LogP contribution in [0.5, 0.6) is 0 Å². The highest BCUT2D eigenvalue weighted by Gasteiger charge is 2.42. The number of carboxylic acids is 1. The van der Waals surface area contributed by atoms with E-state index in [1.165, 1.54) is 24.2 Å². The van der Waals surface area contributed by atoms with E-state index < -0.39 is 12.0 Å². The van der Waals surface area contributed by atoms with E-state index in [1.807, 2.05) is 0 Å². The monoisotopic (exact) mass is 373 g/mol. The Morgan fingerprint density at radius 1 is 1.16 bits per heavy atom. The van der Waals surface area contributed by atoms with Gasteiger partial charge in [-0.1, -0.05) is 39.0 Å². The first-order chi connectivity index (χ1) is 12.0. The normalized spacial score (nSPS) is 24.3. The second-order valence-electron chi connectivity index (χ2n) is 6.66. The average molecular weight is 373 g/mol. The molecular weight excluding hydrogens is 346 g/mol. The van der Waals surface area contributed by atoms with Crippen LogP contribution >= 0.6 is 12.0 Å². The largest absolute Gasteiger partial charge is 0.480 e. The molecule has 0 radical (unpaired) electrons. The lowest BCUT2D eigenvalue weighted by Crippen LogP contribution is -2.41. The minimum atomic E-state index is -0.936. The van der Waals surface area contributed by atoms with Gasteiger partial charge in [-0.2, -0.15) is 0 Å². The Labute approximate surface area is 152 Å². The summed E-state index contributed by atoms with van der Waals surface area (Å²) in [5, 5.41) is 9.46. The summed E-state index contributed by atoms with van der Waals surface area (Å²) in [6.45, 7) is 1.99. The van der Waals surface area contributed by atoms with Crippen molar-refractivity contribution in [1.82, 2.24) is 4.90 Å². The maximum absolute atomic E-state index is 12.4. The maximum Gasteiger partial charge on any atom is 0.326 e. The molecule has 25 heavy (non-hydrogen) atoms. The highest BCUT2D eigenvalue weighted by molar-refractivity contribution is 7.95. The molecule has 2 rings (SSSR count). The van der Waals surface area contributed by atoms with E-state index in [2.05, 4.69) is 0 Å². The standard InChI is InChI=1S/C17H27NO6S/c1-2-16(20)23-11-24-25-10-15(19)18-9-13(8-14(18)17(21)22)12-6-4-3-5-7-12/h12-14H,2-11H2,1H3,(H,21,22)/t13-,14+/m1/s1. The number of rotatable bonds is 8. The van der Waals surface area contributed by atoms with E-state index in [9.17, 15) is 19.5 Å². The Balaban J connectivity index is 1.79. The Bertz CT molecular complexity index is 480. The number of amides is 1. The van der Waals surface area contributed by atoms with Gasteiger partial charge in [0.25, 0.3) is 0 Å². The molecular formula is C17H27NO6S. The topological polar surface area (TPSA) is 93.1 Å². The lowest BCUT2D eigenvalue weighted by atomic mass is 9.79. The molecule has 1 aliphatic carbocycles. The number of hydrogen-bond acceptors (Lipinski definition) is 6. The Morgan fingerprint density at radius 3 is 2.52 bits per heavy atom. The lowest BCUT2D eigenvalue weighted by molar-refractivity contribution is -0.149. The van der Waals surface area contributed by atoms with Gasteiger partial charge in [0.05, 0.1) is 5.75 Å². The van der Waals surface area contributed by atoms with E-state index in [1.54, 1.807) is 6.92 Å². The van der Waals surface area contributed by atoms with Crippen LogP contribution in [-0.4, -0.2) is 53.0 Å². The summed E-state index contributed by atoms with van der Waals surface area (Å²) >= 11 is 0.890. The van der Waals surface area contributed by atoms with Gasteiger partial charge in [-0.15, -0.1) is 0 Å². The van der Waals surface area contributed by atoms with Gasteiger partial charge in [-0.05, 0) is 18.3 Å². The molecule has 2 aliphatic rings. The molecule has 8 heteroatoms. The van der Waals surface area contributed by atoms with Gasteiger partial charge >= 0.3 is 11.9 Å². The van der Waals surface area contributed by atoms with E-state index in [4.69, 9.17) is 8.92 Å². The van der Waals surface area contributed by atoms with Gasteiger partial charge in [0.2, 0.25) is 12.7 Å². The van der Waals surface area contributed by atoms with Crippen LogP contribution in [0, 0.1) is 11.8 Å². The third-order valence-corrected chi connectivity index (χ3v) is 5.71. The number of nitrogens with zero attached hydrogens (tertiary/aromatic N) is 1. The molecule has 1 amide bonds. The number of hydrogen-bond donors (Lipinski definition) is 1. The number of carbonyl (C=O) groups excluding carboxylic acids is 2. The molecule has 0 unspecified atom stereocenters. The second-order valence-corrected chi connectivity index (χ2v) is 7.42. The van der Waals surface area contributed by atoms with Crippen molar-refractivity contribution in [3.05, 3.63) is 0 Å². The quantitative estimate of drug-likeness (QED) is 0.302. The molecule has 1 saturated heterocycles. The van der Waals surface area contributed by atoms with E-state index in [0.29, 0.717) is 18.9 Å². The van der Waals surface area contributed by atoms with E-state index >= 15 is 0 Å². The number of ether oxygens (including phenoxy) is 1. The summed E-state index contributed by atoms with van der Waals surface area (Å²) in [6.07, 6.45) is 6.75. The molecule has 0 spiro atoms. The molecule has 0 aromatic rings. The highest BCUT2D eigenvalue weighted by Crippen LogP contribution is 2.37. The average Bonchev–Trinajstić information content (AvgIpc) is 3.07. The Morgan fingerprint density at radius 2 is 1.88 bits per heavy atom. The first-order valence-electron chi connectivity index (χ1n) is 8.95. The molecule has 1 heterocycles. The van der Waals surface area contributed by atoms with Gasteiger partial charge in [-0.25, -0.2) is 4.79 Å². The van der Waals surface area contributed by atoms with E-state index in [-0.39, 0.29) is 36.8 Å². The number of aliphatic carboxylic acids is 1. The first-order valence-corrected chi connectivity index (χ1v) is 9.86. The molecule has 1 N–H and O–H groups in total. The van der Waals surface area contributed by atoms with Gasteiger partial charge in [-0.3, -0.25) is 13.8 Å². The maximum atomic E-state index is 12.4. The van der Waals surface area contributed by atoms with Gasteiger partial charge < -0.3 is 14.7 Å². The van der Waals surface area contributed by atoms with Crippen molar-refractivity contribution in [1.29, 1.82) is 0 Å². The fraction of sp³-hybridized carbons (Fsp3) is 0.824. The smallest absolute Gasteiger partial charge is 0.326 e. The van der Waals surface area contributed by atoms with Crippen LogP contribution in [0.4, 0.5) is 0 Å². The van der Waals surface area contributed by atoms with Crippen LogP contribution in [0.3, 0.4) is 0 Å². The Hall–Kier alpha value is -1.28. The fourth-order valence-corrected chi connectivity index (χ4v) is 4.19. The van der Waals surface area contributed by atoms with Crippen LogP contribution in [0.25, 0.3) is 0 Å². The SMILES string of the molecule is CCC(=O)OCOSCC(=O)N1C[C@H](C2CCCCC2)C[C@H]1C(=O)O. The molecule has 0 aromatic heterocycles. The summed E-state index contributed by atoms with van der Waals surface area (Å²) in [6, 6.07) is -0.738. The molecule has 2 atom stereocenters. The molecule has 1 saturated carbocycles. The van der Waals surface area contributed by atoms with Gasteiger partial charge in [0.15, 0.2) is 0 Å². The zero-order chi connectivity index (χ0) is 18.2. The second kappa shape index (κ2) is 10.0. The van der Waals surface area contributed by atoms with Crippen molar-refractivity contribution in [3.8, 4) is 0 Å². The van der Waals surface area contributed by atoms with Crippen molar-refractivity contribution in [2.45, 2.75) is 57.9 Å². The van der Waals surface area contributed by atoms with Crippen molar-refractivity contribution < 1.29 is 28.4 Å². The summed E-state index contributed by atoms with van der Waals surface area (Å²) in [4.78, 5) is 36.4. The lowest BCUT2D eigenvalue weighted by Gasteiger charge is -2.27. The first kappa shape index (κ1) is 20.0. The molecule has 0 aromatic carbocycles. The van der Waals surface area contributed by atoms with Gasteiger partial charge in [0, 0.05) is 25.0 Å². The van der Waals surface area contributed by atoms with Crippen molar-refractivity contribution in [3.63, 3.8) is 0 Å². The minimum Gasteiger partial charge on any atom is -0.480 e. The van der Waals surface area contributed by atoms with Crippen LogP contribution < -0.4 is 0 Å². The molecule has 0 bridgehead atoms. The fourth-order valence-electron chi connectivity index (χ4n) is 3.73. The molecule has 1 aliphatic heterocycles. The predicted octanol–water partition coefficient (Wildman–Crippen LogP) is 2.44. The molecule has 2 fully saturated rings. The zero-order valence-electron chi connectivity index (χ0n) is 14.6. The molecule has 142 valence electrons. The minimum absolute atomic E-state index is 0.0187. The third-order valence-electron chi connectivity index (χ3n) is 5.08. The molecule has 7 nitrogen and oxygen atoms in total. The van der Waals surface area contributed by atoms with Crippen LogP contribution in [0.15, 0.2) is 0 Å². The van der Waals surface area contributed by atoms with Crippen LogP contribution in [0.2, 0.25) is 0 Å².